The summed E-state index contributed by atoms with van der Waals surface area (Å²) in [6.45, 7) is 0. The third-order valence-electron chi connectivity index (χ3n) is 5.04. The summed E-state index contributed by atoms with van der Waals surface area (Å²) in [6.07, 6.45) is 0. The average molecular weight is 475 g/mol. The molecule has 0 spiro atoms. The molecule has 2 N–H and O–H groups in total. The molecule has 34 heavy (non-hydrogen) atoms. The Morgan fingerprint density at radius 2 is 1.56 bits per heavy atom. The molecule has 3 aromatic carbocycles. The highest BCUT2D eigenvalue weighted by Gasteiger charge is 2.18. The molecule has 0 unspecified atom stereocenters. The largest absolute Gasteiger partial charge is 0.496 e. The number of pyridine rings is 1. The number of ether oxygens (including phenoxy) is 1. The number of aliphatic imine (C=N–C) groups is 1. The van der Waals surface area contributed by atoms with E-state index < -0.39 is 5.82 Å². The fraction of sp³-hybridized carbons (Fsp3) is 0.0385. The Hall–Kier alpha value is -4.04. The number of benzene rings is 3. The van der Waals surface area contributed by atoms with E-state index in [1.54, 1.807) is 12.1 Å². The zero-order chi connectivity index (χ0) is 23.9. The molecule has 0 radical (unpaired) electrons. The molecule has 0 aliphatic rings. The molecule has 5 nitrogen and oxygen atoms in total. The Balaban J connectivity index is 1.80. The Kier molecular flexibility index (Phi) is 7.29. The minimum absolute atomic E-state index is 0.0673. The molecule has 0 fully saturated rings. The predicted octanol–water partition coefficient (Wildman–Crippen LogP) is 6.76. The van der Waals surface area contributed by atoms with Crippen molar-refractivity contribution in [1.82, 2.24) is 4.98 Å². The van der Waals surface area contributed by atoms with Crippen molar-refractivity contribution in [1.29, 1.82) is 5.41 Å². The molecule has 0 aliphatic heterocycles. The summed E-state index contributed by atoms with van der Waals surface area (Å²) < 4.78 is 34.8. The maximum Gasteiger partial charge on any atom is 0.163 e. The Morgan fingerprint density at radius 3 is 2.15 bits per heavy atom. The summed E-state index contributed by atoms with van der Waals surface area (Å²) in [5.74, 6) is 0.217. The zero-order valence-corrected chi connectivity index (χ0v) is 18.9. The molecule has 1 heterocycles. The van der Waals surface area contributed by atoms with Gasteiger partial charge >= 0.3 is 0 Å². The van der Waals surface area contributed by atoms with Gasteiger partial charge in [-0.25, -0.2) is 14.4 Å². The zero-order valence-electron chi connectivity index (χ0n) is 18.1. The number of anilines is 1. The van der Waals surface area contributed by atoms with Gasteiger partial charge in [0, 0.05) is 22.3 Å². The first-order chi connectivity index (χ1) is 16.6. The quantitative estimate of drug-likeness (QED) is 0.219. The lowest BCUT2D eigenvalue weighted by Gasteiger charge is -2.14. The molecular weight excluding hydrogens is 454 g/mol. The first-order valence-corrected chi connectivity index (χ1v) is 11.0. The summed E-state index contributed by atoms with van der Waals surface area (Å²) in [6, 6.07) is 26.4. The first kappa shape index (κ1) is 23.1. The second-order valence-corrected chi connectivity index (χ2v) is 7.52. The highest BCUT2D eigenvalue weighted by molar-refractivity contribution is 7.95. The van der Waals surface area contributed by atoms with Crippen LogP contribution in [0.3, 0.4) is 0 Å². The number of hydrogen-bond donors (Lipinski definition) is 2. The van der Waals surface area contributed by atoms with Crippen molar-refractivity contribution >= 4 is 35.4 Å². The van der Waals surface area contributed by atoms with Gasteiger partial charge in [-0.2, -0.15) is 0 Å². The number of hydrogen-bond acceptors (Lipinski definition) is 6. The number of aromatic nitrogens is 1. The Morgan fingerprint density at radius 1 is 0.912 bits per heavy atom. The van der Waals surface area contributed by atoms with Gasteiger partial charge in [-0.05, 0) is 30.3 Å². The van der Waals surface area contributed by atoms with Crippen LogP contribution in [0.2, 0.25) is 0 Å². The molecule has 4 aromatic rings. The number of halogens is 2. The van der Waals surface area contributed by atoms with Crippen LogP contribution in [0.15, 0.2) is 96.0 Å². The topological polar surface area (TPSA) is 70.4 Å². The number of nitrogens with zero attached hydrogens (tertiary/aromatic N) is 2. The van der Waals surface area contributed by atoms with E-state index in [0.717, 1.165) is 11.1 Å². The van der Waals surface area contributed by atoms with Gasteiger partial charge in [0.15, 0.2) is 18.2 Å². The fourth-order valence-electron chi connectivity index (χ4n) is 3.45. The molecule has 0 aliphatic carbocycles. The van der Waals surface area contributed by atoms with Crippen LogP contribution < -0.4 is 9.46 Å². The summed E-state index contributed by atoms with van der Waals surface area (Å²) in [4.78, 5) is 9.18. The van der Waals surface area contributed by atoms with Gasteiger partial charge in [0.05, 0.1) is 18.5 Å². The minimum atomic E-state index is -0.514. The van der Waals surface area contributed by atoms with Gasteiger partial charge < -0.3 is 4.74 Å². The number of methoxy groups -OCH3 is 1. The van der Waals surface area contributed by atoms with E-state index in [-0.39, 0.29) is 35.0 Å². The van der Waals surface area contributed by atoms with E-state index in [1.807, 2.05) is 60.7 Å². The van der Waals surface area contributed by atoms with E-state index in [0.29, 0.717) is 17.3 Å². The minimum Gasteiger partial charge on any atom is -0.496 e. The van der Waals surface area contributed by atoms with Gasteiger partial charge in [-0.15, -0.1) is 3.89 Å². The third-order valence-corrected chi connectivity index (χ3v) is 5.31. The predicted molar refractivity (Wildman–Crippen MR) is 134 cm³/mol. The molecule has 170 valence electrons. The number of rotatable bonds is 8. The molecule has 0 saturated heterocycles. The molecule has 4 rings (SSSR count). The summed E-state index contributed by atoms with van der Waals surface area (Å²) in [7, 11) is 1.44. The van der Waals surface area contributed by atoms with Crippen LogP contribution in [0.25, 0.3) is 0 Å². The van der Waals surface area contributed by atoms with Crippen molar-refractivity contribution in [2.75, 3.05) is 11.8 Å². The van der Waals surface area contributed by atoms with E-state index >= 15 is 0 Å². The van der Waals surface area contributed by atoms with E-state index in [9.17, 15) is 8.28 Å². The molecule has 0 atom stereocenters. The van der Waals surface area contributed by atoms with Crippen molar-refractivity contribution < 1.29 is 13.0 Å². The SMILES string of the molecule is COc1ccc(F)cc1C(=N)c1ccc(N=C(c2ccccc2)c2ccccc2)nc1NSF. The summed E-state index contributed by atoms with van der Waals surface area (Å²) in [5.41, 5.74) is 2.91. The van der Waals surface area contributed by atoms with Crippen molar-refractivity contribution in [3.05, 3.63) is 119 Å². The van der Waals surface area contributed by atoms with Gasteiger partial charge in [-0.1, -0.05) is 60.7 Å². The highest BCUT2D eigenvalue weighted by Crippen LogP contribution is 2.29. The second kappa shape index (κ2) is 10.7. The second-order valence-electron chi connectivity index (χ2n) is 7.16. The fourth-order valence-corrected chi connectivity index (χ4v) is 3.68. The third kappa shape index (κ3) is 5.13. The van der Waals surface area contributed by atoms with Crippen molar-refractivity contribution in [2.45, 2.75) is 0 Å². The van der Waals surface area contributed by atoms with Crippen molar-refractivity contribution in [3.8, 4) is 5.75 Å². The lowest BCUT2D eigenvalue weighted by Crippen LogP contribution is -2.09. The first-order valence-electron chi connectivity index (χ1n) is 10.3. The monoisotopic (exact) mass is 474 g/mol. The van der Waals surface area contributed by atoms with E-state index in [4.69, 9.17) is 15.1 Å². The van der Waals surface area contributed by atoms with Crippen LogP contribution in [0.4, 0.5) is 19.9 Å². The van der Waals surface area contributed by atoms with E-state index in [2.05, 4.69) is 9.71 Å². The molecule has 0 amide bonds. The van der Waals surface area contributed by atoms with Crippen LogP contribution in [0.5, 0.6) is 5.75 Å². The van der Waals surface area contributed by atoms with Crippen LogP contribution in [0, 0.1) is 11.2 Å². The van der Waals surface area contributed by atoms with Crippen molar-refractivity contribution in [3.63, 3.8) is 0 Å². The normalized spacial score (nSPS) is 10.4. The maximum absolute atomic E-state index is 13.9. The van der Waals surface area contributed by atoms with E-state index in [1.165, 1.54) is 25.3 Å². The summed E-state index contributed by atoms with van der Waals surface area (Å²) >= 11 is -0.148. The molecule has 0 saturated carbocycles. The lowest BCUT2D eigenvalue weighted by atomic mass is 10.0. The van der Waals surface area contributed by atoms with Gasteiger partial charge in [-0.3, -0.25) is 10.1 Å². The molecule has 8 heteroatoms. The van der Waals surface area contributed by atoms with Gasteiger partial charge in [0.25, 0.3) is 0 Å². The van der Waals surface area contributed by atoms with Gasteiger partial charge in [0.1, 0.15) is 17.4 Å². The average Bonchev–Trinajstić information content (AvgIpc) is 2.88. The Bertz CT molecular complexity index is 1290. The van der Waals surface area contributed by atoms with Crippen LogP contribution in [-0.2, 0) is 0 Å². The lowest BCUT2D eigenvalue weighted by molar-refractivity contribution is 0.413. The molecule has 0 bridgehead atoms. The highest BCUT2D eigenvalue weighted by atomic mass is 32.2. The molecular formula is C26H20F2N4OS. The molecule has 1 aromatic heterocycles. The Labute approximate surface area is 200 Å². The van der Waals surface area contributed by atoms with Crippen LogP contribution in [-0.4, -0.2) is 23.5 Å². The van der Waals surface area contributed by atoms with Crippen molar-refractivity contribution in [2.24, 2.45) is 4.99 Å². The smallest absolute Gasteiger partial charge is 0.163 e. The summed E-state index contributed by atoms with van der Waals surface area (Å²) in [5, 5.41) is 8.62. The maximum atomic E-state index is 13.9. The number of nitrogens with one attached hydrogen (secondary N) is 2. The van der Waals surface area contributed by atoms with Crippen LogP contribution >= 0.6 is 12.3 Å². The standard InChI is InChI=1S/C26H20F2N4OS/c1-33-22-14-12-19(27)16-21(22)24(29)20-13-15-23(31-26(20)32-34-28)30-25(17-8-4-2-5-9-17)18-10-6-3-7-11-18/h2-16,29H,1H3,(H,31,32). The van der Waals surface area contributed by atoms with Gasteiger partial charge in [0.2, 0.25) is 0 Å². The van der Waals surface area contributed by atoms with Crippen LogP contribution in [0.1, 0.15) is 22.3 Å².